The maximum absolute atomic E-state index is 12.2. The molecular formula is C14H15ClN2O2S. The van der Waals surface area contributed by atoms with Gasteiger partial charge in [-0.3, -0.25) is 0 Å². The van der Waals surface area contributed by atoms with Gasteiger partial charge in [0, 0.05) is 16.8 Å². The number of nitrogen functional groups attached to an aromatic ring is 1. The molecule has 0 amide bonds. The molecule has 0 aliphatic carbocycles. The number of halogens is 1. The smallest absolute Gasteiger partial charge is 0.241 e. The van der Waals surface area contributed by atoms with Gasteiger partial charge in [0.25, 0.3) is 0 Å². The molecule has 1 atom stereocenters. The molecule has 0 heterocycles. The topological polar surface area (TPSA) is 72.2 Å². The van der Waals surface area contributed by atoms with Crippen molar-refractivity contribution in [3.05, 3.63) is 59.1 Å². The molecule has 0 spiro atoms. The Bertz CT molecular complexity index is 682. The van der Waals surface area contributed by atoms with Crippen LogP contribution in [0, 0.1) is 0 Å². The first-order chi connectivity index (χ1) is 9.38. The second kappa shape index (κ2) is 5.83. The first-order valence-corrected chi connectivity index (χ1v) is 7.88. The zero-order valence-electron chi connectivity index (χ0n) is 10.9. The molecule has 4 nitrogen and oxygen atoms in total. The van der Waals surface area contributed by atoms with E-state index in [1.54, 1.807) is 43.3 Å². The lowest BCUT2D eigenvalue weighted by atomic mass is 10.1. The van der Waals surface area contributed by atoms with Crippen molar-refractivity contribution in [2.24, 2.45) is 0 Å². The van der Waals surface area contributed by atoms with Crippen LogP contribution in [0.15, 0.2) is 53.4 Å². The predicted molar refractivity (Wildman–Crippen MR) is 81.0 cm³/mol. The summed E-state index contributed by atoms with van der Waals surface area (Å²) in [5, 5.41) is 0.496. The zero-order valence-corrected chi connectivity index (χ0v) is 12.4. The van der Waals surface area contributed by atoms with Gasteiger partial charge in [0.05, 0.1) is 4.90 Å². The van der Waals surface area contributed by atoms with Gasteiger partial charge in [0.15, 0.2) is 0 Å². The van der Waals surface area contributed by atoms with Crippen LogP contribution in [0.5, 0.6) is 0 Å². The lowest BCUT2D eigenvalue weighted by Gasteiger charge is -2.15. The highest BCUT2D eigenvalue weighted by Crippen LogP contribution is 2.19. The van der Waals surface area contributed by atoms with Crippen LogP contribution in [-0.2, 0) is 10.0 Å². The monoisotopic (exact) mass is 310 g/mol. The van der Waals surface area contributed by atoms with Crippen LogP contribution in [0.2, 0.25) is 5.02 Å². The van der Waals surface area contributed by atoms with Crippen molar-refractivity contribution < 1.29 is 8.42 Å². The third kappa shape index (κ3) is 3.50. The van der Waals surface area contributed by atoms with E-state index in [1.807, 2.05) is 0 Å². The van der Waals surface area contributed by atoms with Gasteiger partial charge in [0.1, 0.15) is 0 Å². The summed E-state index contributed by atoms with van der Waals surface area (Å²) in [6.45, 7) is 1.78. The fourth-order valence-electron chi connectivity index (χ4n) is 1.77. The van der Waals surface area contributed by atoms with Crippen molar-refractivity contribution in [2.75, 3.05) is 5.73 Å². The summed E-state index contributed by atoms with van der Waals surface area (Å²) in [4.78, 5) is 0.184. The van der Waals surface area contributed by atoms with Gasteiger partial charge < -0.3 is 5.73 Å². The molecule has 0 fully saturated rings. The molecule has 1 unspecified atom stereocenters. The lowest BCUT2D eigenvalue weighted by molar-refractivity contribution is 0.567. The number of hydrogen-bond donors (Lipinski definition) is 2. The molecule has 0 bridgehead atoms. The quantitative estimate of drug-likeness (QED) is 0.853. The summed E-state index contributed by atoms with van der Waals surface area (Å²) < 4.78 is 27.0. The summed E-state index contributed by atoms with van der Waals surface area (Å²) in [6.07, 6.45) is 0. The molecule has 2 rings (SSSR count). The molecule has 2 aromatic rings. The van der Waals surface area contributed by atoms with Gasteiger partial charge in [0.2, 0.25) is 10.0 Å². The highest BCUT2D eigenvalue weighted by molar-refractivity contribution is 7.89. The Morgan fingerprint density at radius 3 is 2.15 bits per heavy atom. The van der Waals surface area contributed by atoms with Gasteiger partial charge in [-0.05, 0) is 48.9 Å². The Morgan fingerprint density at radius 2 is 1.60 bits per heavy atom. The number of anilines is 1. The standard InChI is InChI=1S/C14H15ClN2O2S/c1-10(11-2-6-13(16)7-3-11)17-20(18,19)14-8-4-12(15)5-9-14/h2-10,17H,16H2,1H3. The summed E-state index contributed by atoms with van der Waals surface area (Å²) in [7, 11) is -3.57. The molecule has 2 aromatic carbocycles. The van der Waals surface area contributed by atoms with Crippen molar-refractivity contribution in [1.82, 2.24) is 4.72 Å². The molecule has 0 aromatic heterocycles. The zero-order chi connectivity index (χ0) is 14.8. The maximum atomic E-state index is 12.2. The number of nitrogens with two attached hydrogens (primary N) is 1. The Kier molecular flexibility index (Phi) is 4.32. The Labute approximate surface area is 123 Å². The maximum Gasteiger partial charge on any atom is 0.241 e. The molecule has 0 aliphatic heterocycles. The Hall–Kier alpha value is -1.56. The van der Waals surface area contributed by atoms with Gasteiger partial charge in [-0.15, -0.1) is 0 Å². The third-order valence-electron chi connectivity index (χ3n) is 2.89. The van der Waals surface area contributed by atoms with Crippen molar-refractivity contribution in [2.45, 2.75) is 17.9 Å². The molecule has 0 radical (unpaired) electrons. The van der Waals surface area contributed by atoms with E-state index >= 15 is 0 Å². The number of sulfonamides is 1. The first-order valence-electron chi connectivity index (χ1n) is 6.02. The number of nitrogens with one attached hydrogen (secondary N) is 1. The van der Waals surface area contributed by atoms with Crippen LogP contribution < -0.4 is 10.5 Å². The van der Waals surface area contributed by atoms with E-state index < -0.39 is 10.0 Å². The number of benzene rings is 2. The van der Waals surface area contributed by atoms with Crippen LogP contribution in [0.3, 0.4) is 0 Å². The van der Waals surface area contributed by atoms with Gasteiger partial charge in [-0.25, -0.2) is 13.1 Å². The van der Waals surface area contributed by atoms with E-state index in [0.29, 0.717) is 10.7 Å². The van der Waals surface area contributed by atoms with Gasteiger partial charge in [-0.1, -0.05) is 23.7 Å². The SMILES string of the molecule is CC(NS(=O)(=O)c1ccc(Cl)cc1)c1ccc(N)cc1. The number of hydrogen-bond acceptors (Lipinski definition) is 3. The van der Waals surface area contributed by atoms with E-state index in [1.165, 1.54) is 12.1 Å². The molecule has 0 saturated heterocycles. The largest absolute Gasteiger partial charge is 0.399 e. The van der Waals surface area contributed by atoms with Crippen LogP contribution in [0.1, 0.15) is 18.5 Å². The first kappa shape index (κ1) is 14.8. The minimum atomic E-state index is -3.57. The van der Waals surface area contributed by atoms with Gasteiger partial charge >= 0.3 is 0 Å². The van der Waals surface area contributed by atoms with Crippen molar-refractivity contribution >= 4 is 27.3 Å². The second-order valence-electron chi connectivity index (χ2n) is 4.46. The van der Waals surface area contributed by atoms with Crippen LogP contribution in [-0.4, -0.2) is 8.42 Å². The van der Waals surface area contributed by atoms with E-state index in [2.05, 4.69) is 4.72 Å². The Balaban J connectivity index is 2.19. The molecule has 0 saturated carbocycles. The molecule has 6 heteroatoms. The molecule has 20 heavy (non-hydrogen) atoms. The second-order valence-corrected chi connectivity index (χ2v) is 6.61. The van der Waals surface area contributed by atoms with Crippen LogP contribution in [0.25, 0.3) is 0 Å². The molecule has 106 valence electrons. The highest BCUT2D eigenvalue weighted by Gasteiger charge is 2.18. The van der Waals surface area contributed by atoms with E-state index in [0.717, 1.165) is 5.56 Å². The highest BCUT2D eigenvalue weighted by atomic mass is 35.5. The van der Waals surface area contributed by atoms with E-state index in [-0.39, 0.29) is 10.9 Å². The van der Waals surface area contributed by atoms with E-state index in [9.17, 15) is 8.42 Å². The normalized spacial score (nSPS) is 13.1. The molecular weight excluding hydrogens is 296 g/mol. The average molecular weight is 311 g/mol. The fraction of sp³-hybridized carbons (Fsp3) is 0.143. The minimum absolute atomic E-state index is 0.184. The van der Waals surface area contributed by atoms with Crippen molar-refractivity contribution in [3.63, 3.8) is 0 Å². The summed E-state index contributed by atoms with van der Waals surface area (Å²) in [5.41, 5.74) is 7.09. The number of rotatable bonds is 4. The predicted octanol–water partition coefficient (Wildman–Crippen LogP) is 2.96. The lowest BCUT2D eigenvalue weighted by Crippen LogP contribution is -2.26. The van der Waals surface area contributed by atoms with Crippen LogP contribution >= 0.6 is 11.6 Å². The van der Waals surface area contributed by atoms with Crippen molar-refractivity contribution in [3.8, 4) is 0 Å². The summed E-state index contributed by atoms with van der Waals surface area (Å²) >= 11 is 5.75. The van der Waals surface area contributed by atoms with E-state index in [4.69, 9.17) is 17.3 Å². The molecule has 3 N–H and O–H groups in total. The summed E-state index contributed by atoms with van der Waals surface area (Å²) in [6, 6.07) is 12.8. The fourth-order valence-corrected chi connectivity index (χ4v) is 3.13. The third-order valence-corrected chi connectivity index (χ3v) is 4.70. The average Bonchev–Trinajstić information content (AvgIpc) is 2.39. The minimum Gasteiger partial charge on any atom is -0.399 e. The van der Waals surface area contributed by atoms with Gasteiger partial charge in [-0.2, -0.15) is 0 Å². The molecule has 0 aliphatic rings. The summed E-state index contributed by atoms with van der Waals surface area (Å²) in [5.74, 6) is 0. The van der Waals surface area contributed by atoms with Crippen LogP contribution in [0.4, 0.5) is 5.69 Å². The van der Waals surface area contributed by atoms with Crippen molar-refractivity contribution in [1.29, 1.82) is 0 Å². The Morgan fingerprint density at radius 1 is 1.05 bits per heavy atom.